The fourth-order valence-electron chi connectivity index (χ4n) is 1.65. The van der Waals surface area contributed by atoms with Crippen LogP contribution < -0.4 is 5.32 Å². The number of aromatic carboxylic acids is 1. The Morgan fingerprint density at radius 1 is 1.33 bits per heavy atom. The van der Waals surface area contributed by atoms with Gasteiger partial charge >= 0.3 is 12.1 Å². The molecule has 0 saturated heterocycles. The molecule has 0 spiro atoms. The predicted molar refractivity (Wildman–Crippen MR) is 68.5 cm³/mol. The number of nitro benzene ring substituents is 1. The predicted octanol–water partition coefficient (Wildman–Crippen LogP) is 3.44. The van der Waals surface area contributed by atoms with Crippen LogP contribution in [0.3, 0.4) is 0 Å². The quantitative estimate of drug-likeness (QED) is 0.457. The number of hydrogen-bond donors (Lipinski definition) is 2. The number of hydrogen-bond acceptors (Lipinski definition) is 4. The summed E-state index contributed by atoms with van der Waals surface area (Å²) in [5, 5.41) is 22.2. The van der Waals surface area contributed by atoms with Gasteiger partial charge in [-0.05, 0) is 18.9 Å². The first kappa shape index (κ1) is 16.7. The van der Waals surface area contributed by atoms with Crippen molar-refractivity contribution >= 4 is 17.3 Å². The zero-order chi connectivity index (χ0) is 16.0. The van der Waals surface area contributed by atoms with E-state index in [1.807, 2.05) is 0 Å². The Hall–Kier alpha value is -2.32. The van der Waals surface area contributed by atoms with Gasteiger partial charge < -0.3 is 10.4 Å². The van der Waals surface area contributed by atoms with Crippen LogP contribution in [0.15, 0.2) is 18.2 Å². The van der Waals surface area contributed by atoms with Gasteiger partial charge in [-0.25, -0.2) is 4.79 Å². The number of nitrogens with one attached hydrogen (secondary N) is 1. The first-order chi connectivity index (χ1) is 9.70. The second-order valence-corrected chi connectivity index (χ2v) is 4.29. The average Bonchev–Trinajstić information content (AvgIpc) is 2.36. The van der Waals surface area contributed by atoms with Crippen LogP contribution in [0.1, 0.15) is 29.6 Å². The highest BCUT2D eigenvalue weighted by Crippen LogP contribution is 2.24. The first-order valence-corrected chi connectivity index (χ1v) is 6.03. The van der Waals surface area contributed by atoms with E-state index in [0.717, 1.165) is 18.2 Å². The van der Waals surface area contributed by atoms with Crippen LogP contribution in [0.2, 0.25) is 0 Å². The molecule has 0 aliphatic rings. The molecular formula is C12H13F3N2O4. The molecule has 2 N–H and O–H groups in total. The summed E-state index contributed by atoms with van der Waals surface area (Å²) >= 11 is 0. The van der Waals surface area contributed by atoms with E-state index in [1.54, 1.807) is 0 Å². The van der Waals surface area contributed by atoms with Crippen LogP contribution in [0.4, 0.5) is 24.5 Å². The third kappa shape index (κ3) is 5.67. The molecule has 0 unspecified atom stereocenters. The minimum absolute atomic E-state index is 0.0173. The molecule has 0 radical (unpaired) electrons. The largest absolute Gasteiger partial charge is 0.478 e. The molecule has 9 heteroatoms. The lowest BCUT2D eigenvalue weighted by molar-refractivity contribution is -0.384. The van der Waals surface area contributed by atoms with Crippen LogP contribution in [-0.2, 0) is 0 Å². The molecule has 0 aliphatic heterocycles. The Morgan fingerprint density at radius 3 is 2.52 bits per heavy atom. The molecule has 1 aromatic rings. The van der Waals surface area contributed by atoms with Crippen molar-refractivity contribution in [3.63, 3.8) is 0 Å². The van der Waals surface area contributed by atoms with Crippen molar-refractivity contribution in [3.8, 4) is 0 Å². The van der Waals surface area contributed by atoms with E-state index in [0.29, 0.717) is 0 Å². The summed E-state index contributed by atoms with van der Waals surface area (Å²) in [6, 6.07) is 3.18. The zero-order valence-electron chi connectivity index (χ0n) is 10.8. The number of benzene rings is 1. The van der Waals surface area contributed by atoms with Crippen molar-refractivity contribution in [3.05, 3.63) is 33.9 Å². The van der Waals surface area contributed by atoms with E-state index in [9.17, 15) is 28.1 Å². The van der Waals surface area contributed by atoms with E-state index in [-0.39, 0.29) is 36.3 Å². The lowest BCUT2D eigenvalue weighted by Gasteiger charge is -2.10. The van der Waals surface area contributed by atoms with E-state index >= 15 is 0 Å². The Balaban J connectivity index is 2.66. The molecule has 0 fully saturated rings. The number of alkyl halides is 3. The molecule has 21 heavy (non-hydrogen) atoms. The van der Waals surface area contributed by atoms with E-state index in [2.05, 4.69) is 5.32 Å². The Kier molecular flexibility index (Phi) is 5.51. The summed E-state index contributed by atoms with van der Waals surface area (Å²) in [4.78, 5) is 20.9. The Morgan fingerprint density at radius 2 is 2.00 bits per heavy atom. The first-order valence-electron chi connectivity index (χ1n) is 6.03. The van der Waals surface area contributed by atoms with Gasteiger partial charge in [0.2, 0.25) is 0 Å². The number of carboxylic acids is 1. The lowest BCUT2D eigenvalue weighted by Crippen LogP contribution is -2.10. The Bertz CT molecular complexity index is 532. The number of rotatable bonds is 7. The third-order valence-electron chi connectivity index (χ3n) is 2.65. The molecular weight excluding hydrogens is 293 g/mol. The average molecular weight is 306 g/mol. The number of carboxylic acid groups (broad SMARTS) is 1. The molecule has 1 rings (SSSR count). The fraction of sp³-hybridized carbons (Fsp3) is 0.417. The number of non-ortho nitro benzene ring substituents is 1. The van der Waals surface area contributed by atoms with Crippen molar-refractivity contribution in [1.82, 2.24) is 0 Å². The second kappa shape index (κ2) is 6.91. The molecule has 0 saturated carbocycles. The van der Waals surface area contributed by atoms with Gasteiger partial charge in [0.15, 0.2) is 0 Å². The smallest absolute Gasteiger partial charge is 0.389 e. The van der Waals surface area contributed by atoms with Crippen molar-refractivity contribution in [2.45, 2.75) is 25.4 Å². The number of anilines is 1. The highest BCUT2D eigenvalue weighted by molar-refractivity contribution is 5.94. The molecule has 0 aromatic heterocycles. The standard InChI is InChI=1S/C12H13F3N2O4/c13-12(14,15)5-1-2-6-16-10-7-8(17(20)21)3-4-9(10)11(18)19/h3-4,7,16H,1-2,5-6H2,(H,18,19). The van der Waals surface area contributed by atoms with Gasteiger partial charge in [0.25, 0.3) is 5.69 Å². The van der Waals surface area contributed by atoms with Crippen LogP contribution in [0.25, 0.3) is 0 Å². The fourth-order valence-corrected chi connectivity index (χ4v) is 1.65. The maximum atomic E-state index is 11.9. The van der Waals surface area contributed by atoms with Crippen molar-refractivity contribution in [2.24, 2.45) is 0 Å². The molecule has 0 heterocycles. The van der Waals surface area contributed by atoms with Gasteiger partial charge in [-0.1, -0.05) is 0 Å². The number of halogens is 3. The third-order valence-corrected chi connectivity index (χ3v) is 2.65. The minimum atomic E-state index is -4.22. The molecule has 0 aliphatic carbocycles. The van der Waals surface area contributed by atoms with Gasteiger partial charge in [-0.15, -0.1) is 0 Å². The summed E-state index contributed by atoms with van der Waals surface area (Å²) in [5.74, 6) is -1.28. The zero-order valence-corrected chi connectivity index (χ0v) is 10.8. The van der Waals surface area contributed by atoms with Gasteiger partial charge in [-0.3, -0.25) is 10.1 Å². The van der Waals surface area contributed by atoms with E-state index in [4.69, 9.17) is 5.11 Å². The number of nitro groups is 1. The van der Waals surface area contributed by atoms with Gasteiger partial charge in [0, 0.05) is 25.1 Å². The van der Waals surface area contributed by atoms with Crippen molar-refractivity contribution in [1.29, 1.82) is 0 Å². The van der Waals surface area contributed by atoms with Gasteiger partial charge in [0.05, 0.1) is 16.2 Å². The summed E-state index contributed by atoms with van der Waals surface area (Å²) < 4.78 is 35.8. The highest BCUT2D eigenvalue weighted by Gasteiger charge is 2.25. The SMILES string of the molecule is O=C(O)c1ccc([N+](=O)[O-])cc1NCCCCC(F)(F)F. The summed E-state index contributed by atoms with van der Waals surface area (Å²) in [7, 11) is 0. The van der Waals surface area contributed by atoms with Crippen LogP contribution >= 0.6 is 0 Å². The maximum absolute atomic E-state index is 11.9. The van der Waals surface area contributed by atoms with E-state index in [1.165, 1.54) is 0 Å². The Labute approximate surface area is 117 Å². The minimum Gasteiger partial charge on any atom is -0.478 e. The molecule has 0 amide bonds. The number of unbranched alkanes of at least 4 members (excludes halogenated alkanes) is 1. The summed E-state index contributed by atoms with van der Waals surface area (Å²) in [6.07, 6.45) is -5.08. The van der Waals surface area contributed by atoms with Crippen LogP contribution in [0, 0.1) is 10.1 Å². The molecule has 6 nitrogen and oxygen atoms in total. The van der Waals surface area contributed by atoms with Crippen molar-refractivity contribution in [2.75, 3.05) is 11.9 Å². The molecule has 0 bridgehead atoms. The molecule has 0 atom stereocenters. The maximum Gasteiger partial charge on any atom is 0.389 e. The topological polar surface area (TPSA) is 92.5 Å². The normalized spacial score (nSPS) is 11.2. The molecule has 116 valence electrons. The van der Waals surface area contributed by atoms with E-state index < -0.39 is 23.5 Å². The summed E-state index contributed by atoms with van der Waals surface area (Å²) in [5.41, 5.74) is -0.446. The summed E-state index contributed by atoms with van der Waals surface area (Å²) in [6.45, 7) is 0.0948. The number of nitrogens with zero attached hydrogens (tertiary/aromatic N) is 1. The van der Waals surface area contributed by atoms with Crippen LogP contribution in [-0.4, -0.2) is 28.7 Å². The van der Waals surface area contributed by atoms with Crippen molar-refractivity contribution < 1.29 is 28.0 Å². The van der Waals surface area contributed by atoms with Gasteiger partial charge in [0.1, 0.15) is 0 Å². The number of carbonyl (C=O) groups is 1. The highest BCUT2D eigenvalue weighted by atomic mass is 19.4. The monoisotopic (exact) mass is 306 g/mol. The second-order valence-electron chi connectivity index (χ2n) is 4.29. The van der Waals surface area contributed by atoms with Gasteiger partial charge in [-0.2, -0.15) is 13.2 Å². The lowest BCUT2D eigenvalue weighted by atomic mass is 10.1. The molecule has 1 aromatic carbocycles. The van der Waals surface area contributed by atoms with Crippen LogP contribution in [0.5, 0.6) is 0 Å².